The fourth-order valence-corrected chi connectivity index (χ4v) is 7.73. The zero-order valence-corrected chi connectivity index (χ0v) is 37.2. The monoisotopic (exact) mass is 882 g/mol. The van der Waals surface area contributed by atoms with E-state index >= 15 is 0 Å². The third-order valence-corrected chi connectivity index (χ3v) is 11.2. The topological polar surface area (TPSA) is 227 Å². The molecule has 0 saturated carbocycles. The van der Waals surface area contributed by atoms with Crippen molar-refractivity contribution < 1.29 is 47.8 Å². The maximum atomic E-state index is 14.7. The first-order chi connectivity index (χ1) is 30.6. The van der Waals surface area contributed by atoms with Gasteiger partial charge in [-0.15, -0.1) is 0 Å². The number of hydrogen-bond donors (Lipinski definition) is 3. The number of rotatable bonds is 18. The molecule has 18 heteroatoms. The van der Waals surface area contributed by atoms with Gasteiger partial charge in [0.2, 0.25) is 29.3 Å². The average Bonchev–Trinajstić information content (AvgIpc) is 3.72. The van der Waals surface area contributed by atoms with Gasteiger partial charge in [-0.25, -0.2) is 14.6 Å². The average molecular weight is 883 g/mol. The van der Waals surface area contributed by atoms with Gasteiger partial charge in [-0.2, -0.15) is 0 Å². The second-order valence-corrected chi connectivity index (χ2v) is 16.7. The summed E-state index contributed by atoms with van der Waals surface area (Å²) in [7, 11) is 1.16. The Balaban J connectivity index is 1.36. The van der Waals surface area contributed by atoms with Crippen molar-refractivity contribution in [3.8, 4) is 0 Å². The van der Waals surface area contributed by atoms with Gasteiger partial charge in [0.05, 0.1) is 32.4 Å². The maximum Gasteiger partial charge on any atom is 0.410 e. The Morgan fingerprint density at radius 1 is 0.859 bits per heavy atom. The second kappa shape index (κ2) is 22.6. The summed E-state index contributed by atoms with van der Waals surface area (Å²) in [5.41, 5.74) is 2.79. The summed E-state index contributed by atoms with van der Waals surface area (Å²) >= 11 is 0. The molecule has 3 aromatic rings. The third-order valence-electron chi connectivity index (χ3n) is 11.2. The number of fused-ring (bicyclic) bond motifs is 1. The molecule has 2 aliphatic rings. The quantitative estimate of drug-likeness (QED) is 0.157. The molecule has 64 heavy (non-hydrogen) atoms. The van der Waals surface area contributed by atoms with Crippen molar-refractivity contribution >= 4 is 47.4 Å². The van der Waals surface area contributed by atoms with E-state index in [1.165, 1.54) is 23.5 Å². The van der Waals surface area contributed by atoms with E-state index in [1.807, 2.05) is 24.3 Å². The van der Waals surface area contributed by atoms with Gasteiger partial charge in [0, 0.05) is 38.4 Å². The SMILES string of the molecule is CCCC(NC(=O)[C@@H]1C[C@@H](OC(=O)N2CCc3ccccc3C2)CN1C(=O)[C@H](NC(=O)[C@H](NC(=O)c1cnccn1)C(C)C)C(C)C)C(=O)C(=O)CN(Cc1ccccc1)C(=O)OC. The second-order valence-electron chi connectivity index (χ2n) is 16.7. The van der Waals surface area contributed by atoms with Gasteiger partial charge >= 0.3 is 12.2 Å². The Labute approximate surface area is 372 Å². The zero-order chi connectivity index (χ0) is 46.5. The van der Waals surface area contributed by atoms with Crippen LogP contribution in [-0.2, 0) is 53.0 Å². The highest BCUT2D eigenvalue weighted by Crippen LogP contribution is 2.26. The molecule has 3 heterocycles. The largest absolute Gasteiger partial charge is 0.453 e. The standard InChI is InChI=1S/C46H58N8O10/c1-7-13-34(40(56)37(55)27-53(45(61)63-6)24-30-14-9-8-10-15-30)49-42(58)36-22-33(64-46(62)52-21-18-31-16-11-12-17-32(31)25-52)26-54(36)44(60)39(29(4)5)51-43(59)38(28(2)3)50-41(57)35-23-47-19-20-48-35/h8-12,14-17,19-20,23,28-29,33-34,36,38-39H,7,13,18,21-22,24-27H2,1-6H3,(H,49,58)(H,50,57)(H,51,59)/t33-,34?,36+,38-,39-/m1/s1. The lowest BCUT2D eigenvalue weighted by Crippen LogP contribution is -2.59. The van der Waals surface area contributed by atoms with Gasteiger partial charge in [-0.05, 0) is 41.4 Å². The number of benzene rings is 2. The van der Waals surface area contributed by atoms with E-state index < -0.39 is 96.0 Å². The molecule has 5 atom stereocenters. The van der Waals surface area contributed by atoms with Crippen LogP contribution in [-0.4, -0.2) is 129 Å². The molecular weight excluding hydrogens is 825 g/mol. The predicted octanol–water partition coefficient (Wildman–Crippen LogP) is 3.23. The molecule has 1 aromatic heterocycles. The van der Waals surface area contributed by atoms with Gasteiger partial charge in [0.15, 0.2) is 0 Å². The fraction of sp³-hybridized carbons (Fsp3) is 0.478. The van der Waals surface area contributed by atoms with Gasteiger partial charge < -0.3 is 35.2 Å². The lowest BCUT2D eigenvalue weighted by molar-refractivity contribution is -0.144. The smallest absolute Gasteiger partial charge is 0.410 e. The molecule has 1 unspecified atom stereocenters. The van der Waals surface area contributed by atoms with Crippen LogP contribution in [0.15, 0.2) is 73.2 Å². The zero-order valence-electron chi connectivity index (χ0n) is 37.2. The summed E-state index contributed by atoms with van der Waals surface area (Å²) in [5.74, 6) is -5.59. The molecule has 0 spiro atoms. The first-order valence-corrected chi connectivity index (χ1v) is 21.6. The van der Waals surface area contributed by atoms with Crippen LogP contribution in [0.25, 0.3) is 0 Å². The summed E-state index contributed by atoms with van der Waals surface area (Å²) in [5, 5.41) is 8.14. The van der Waals surface area contributed by atoms with E-state index in [0.29, 0.717) is 31.5 Å². The number of nitrogens with zero attached hydrogens (tertiary/aromatic N) is 5. The summed E-state index contributed by atoms with van der Waals surface area (Å²) in [6.45, 7) is 8.49. The number of carbonyl (C=O) groups is 8. The maximum absolute atomic E-state index is 14.7. The predicted molar refractivity (Wildman–Crippen MR) is 232 cm³/mol. The number of Topliss-reactive ketones (excluding diaryl/α,β-unsaturated/α-hetero) is 2. The van der Waals surface area contributed by atoms with Crippen molar-refractivity contribution in [2.45, 2.75) is 104 Å². The summed E-state index contributed by atoms with van der Waals surface area (Å²) in [4.78, 5) is 121. The number of hydrogen-bond acceptors (Lipinski definition) is 12. The molecule has 2 aromatic carbocycles. The van der Waals surface area contributed by atoms with Crippen molar-refractivity contribution in [3.63, 3.8) is 0 Å². The molecule has 2 aliphatic heterocycles. The molecule has 0 bridgehead atoms. The fourth-order valence-electron chi connectivity index (χ4n) is 7.73. The Hall–Kier alpha value is -6.72. The van der Waals surface area contributed by atoms with E-state index in [0.717, 1.165) is 23.1 Å². The number of ether oxygens (including phenoxy) is 2. The minimum absolute atomic E-state index is 0.00718. The van der Waals surface area contributed by atoms with Crippen LogP contribution in [0.3, 0.4) is 0 Å². The molecule has 18 nitrogen and oxygen atoms in total. The van der Waals surface area contributed by atoms with Crippen LogP contribution in [0.5, 0.6) is 0 Å². The van der Waals surface area contributed by atoms with Crippen LogP contribution < -0.4 is 16.0 Å². The van der Waals surface area contributed by atoms with E-state index in [1.54, 1.807) is 69.9 Å². The van der Waals surface area contributed by atoms with Crippen LogP contribution in [0, 0.1) is 11.8 Å². The minimum atomic E-state index is -1.32. The van der Waals surface area contributed by atoms with Gasteiger partial charge in [0.1, 0.15) is 29.9 Å². The van der Waals surface area contributed by atoms with E-state index in [9.17, 15) is 38.4 Å². The number of likely N-dealkylation sites (tertiary alicyclic amines) is 1. The number of aromatic nitrogens is 2. The van der Waals surface area contributed by atoms with Crippen LogP contribution in [0.1, 0.15) is 81.1 Å². The third kappa shape index (κ3) is 12.5. The van der Waals surface area contributed by atoms with E-state index in [4.69, 9.17) is 9.47 Å². The lowest BCUT2D eigenvalue weighted by atomic mass is 9.98. The first-order valence-electron chi connectivity index (χ1n) is 21.6. The molecule has 6 amide bonds. The van der Waals surface area contributed by atoms with Crippen molar-refractivity contribution in [3.05, 3.63) is 95.6 Å². The lowest BCUT2D eigenvalue weighted by Gasteiger charge is -2.32. The number of ketones is 2. The first kappa shape index (κ1) is 48.3. The van der Waals surface area contributed by atoms with Crippen LogP contribution >= 0.6 is 0 Å². The Bertz CT molecular complexity index is 2150. The van der Waals surface area contributed by atoms with Gasteiger partial charge in [-0.3, -0.25) is 38.7 Å². The van der Waals surface area contributed by atoms with Gasteiger partial charge in [-0.1, -0.05) is 95.6 Å². The Morgan fingerprint density at radius 2 is 1.55 bits per heavy atom. The minimum Gasteiger partial charge on any atom is -0.453 e. The highest BCUT2D eigenvalue weighted by atomic mass is 16.6. The molecule has 1 fully saturated rings. The summed E-state index contributed by atoms with van der Waals surface area (Å²) in [6.07, 6.45) is 2.50. The molecule has 1 saturated heterocycles. The van der Waals surface area contributed by atoms with Gasteiger partial charge in [0.25, 0.3) is 5.91 Å². The molecule has 342 valence electrons. The normalized spacial score (nSPS) is 17.1. The van der Waals surface area contributed by atoms with Crippen molar-refractivity contribution in [2.24, 2.45) is 11.8 Å². The highest BCUT2D eigenvalue weighted by Gasteiger charge is 2.46. The van der Waals surface area contributed by atoms with Crippen molar-refractivity contribution in [1.82, 2.24) is 40.6 Å². The highest BCUT2D eigenvalue weighted by molar-refractivity contribution is 6.40. The Morgan fingerprint density at radius 3 is 2.19 bits per heavy atom. The number of nitrogens with one attached hydrogen (secondary N) is 3. The number of carbonyl (C=O) groups excluding carboxylic acids is 8. The van der Waals surface area contributed by atoms with Crippen LogP contribution in [0.4, 0.5) is 9.59 Å². The summed E-state index contributed by atoms with van der Waals surface area (Å²) in [6, 6.07) is 11.7. The molecule has 0 radical (unpaired) electrons. The molecular formula is C46H58N8O10. The van der Waals surface area contributed by atoms with Crippen molar-refractivity contribution in [1.29, 1.82) is 0 Å². The van der Waals surface area contributed by atoms with E-state index in [2.05, 4.69) is 25.9 Å². The number of methoxy groups -OCH3 is 1. The van der Waals surface area contributed by atoms with Crippen molar-refractivity contribution in [2.75, 3.05) is 26.7 Å². The van der Waals surface area contributed by atoms with E-state index in [-0.39, 0.29) is 31.6 Å². The Kier molecular flexibility index (Phi) is 17.0. The molecule has 3 N–H and O–H groups in total. The molecule has 0 aliphatic carbocycles. The number of amides is 6. The molecule has 5 rings (SSSR count). The van der Waals surface area contributed by atoms with Crippen LogP contribution in [0.2, 0.25) is 0 Å². The summed E-state index contributed by atoms with van der Waals surface area (Å²) < 4.78 is 10.8.